The Morgan fingerprint density at radius 3 is 2.79 bits per heavy atom. The highest BCUT2D eigenvalue weighted by Gasteiger charge is 2.13. The van der Waals surface area contributed by atoms with Crippen LogP contribution in [0.3, 0.4) is 0 Å². The summed E-state index contributed by atoms with van der Waals surface area (Å²) in [7, 11) is 1.62. The molecule has 0 bridgehead atoms. The van der Waals surface area contributed by atoms with Crippen molar-refractivity contribution in [3.63, 3.8) is 0 Å². The van der Waals surface area contributed by atoms with Crippen LogP contribution in [0.15, 0.2) is 53.6 Å². The third-order valence-electron chi connectivity index (χ3n) is 3.80. The number of ether oxygens (including phenoxy) is 1. The molecule has 1 aromatic carbocycles. The fraction of sp³-hybridized carbons (Fsp3) is 0.278. The van der Waals surface area contributed by atoms with Crippen molar-refractivity contribution in [3.8, 4) is 17.1 Å². The number of imidazole rings is 1. The summed E-state index contributed by atoms with van der Waals surface area (Å²) >= 11 is 0. The molecular formula is C18H19N3O3. The van der Waals surface area contributed by atoms with Gasteiger partial charge in [0.2, 0.25) is 0 Å². The molecule has 2 heterocycles. The van der Waals surface area contributed by atoms with Gasteiger partial charge in [-0.05, 0) is 37.1 Å². The highest BCUT2D eigenvalue weighted by Crippen LogP contribution is 2.23. The molecule has 0 amide bonds. The van der Waals surface area contributed by atoms with E-state index in [4.69, 9.17) is 9.26 Å². The molecule has 0 saturated heterocycles. The minimum absolute atomic E-state index is 0.00384. The first-order chi connectivity index (χ1) is 11.8. The number of aryl methyl sites for hydroxylation is 1. The van der Waals surface area contributed by atoms with Gasteiger partial charge in [0.15, 0.2) is 11.5 Å². The van der Waals surface area contributed by atoms with Crippen molar-refractivity contribution in [1.82, 2.24) is 14.7 Å². The highest BCUT2D eigenvalue weighted by molar-refractivity contribution is 5.94. The number of carbonyl (C=O) groups excluding carboxylic acids is 1. The summed E-state index contributed by atoms with van der Waals surface area (Å²) in [5.41, 5.74) is 1.24. The number of benzene rings is 1. The normalized spacial score (nSPS) is 10.7. The van der Waals surface area contributed by atoms with Crippen molar-refractivity contribution in [2.45, 2.75) is 25.8 Å². The van der Waals surface area contributed by atoms with Gasteiger partial charge in [0.05, 0.1) is 13.4 Å². The fourth-order valence-corrected chi connectivity index (χ4v) is 2.42. The molecule has 0 N–H and O–H groups in total. The molecule has 0 radical (unpaired) electrons. The molecular weight excluding hydrogens is 306 g/mol. The maximum Gasteiger partial charge on any atom is 0.184 e. The van der Waals surface area contributed by atoms with Crippen LogP contribution in [0.4, 0.5) is 0 Å². The largest absolute Gasteiger partial charge is 0.497 e. The van der Waals surface area contributed by atoms with Crippen LogP contribution in [-0.4, -0.2) is 27.6 Å². The van der Waals surface area contributed by atoms with E-state index in [2.05, 4.69) is 10.1 Å². The van der Waals surface area contributed by atoms with Crippen molar-refractivity contribution < 1.29 is 14.1 Å². The molecule has 0 atom stereocenters. The SMILES string of the molecule is COc1ccc(-c2cc(C(=O)CCCCn3ccnc3)no2)cc1. The number of carbonyl (C=O) groups is 1. The van der Waals surface area contributed by atoms with Crippen LogP contribution in [0.2, 0.25) is 0 Å². The summed E-state index contributed by atoms with van der Waals surface area (Å²) in [6, 6.07) is 9.13. The molecule has 0 aliphatic carbocycles. The van der Waals surface area contributed by atoms with Gasteiger partial charge in [0.1, 0.15) is 11.4 Å². The van der Waals surface area contributed by atoms with Crippen molar-refractivity contribution >= 4 is 5.78 Å². The molecule has 6 heteroatoms. The summed E-state index contributed by atoms with van der Waals surface area (Å²) in [6.07, 6.45) is 7.64. The minimum atomic E-state index is 0.00384. The quantitative estimate of drug-likeness (QED) is 0.467. The highest BCUT2D eigenvalue weighted by atomic mass is 16.5. The molecule has 3 aromatic rings. The Hall–Kier alpha value is -2.89. The predicted molar refractivity (Wildman–Crippen MR) is 88.9 cm³/mol. The maximum atomic E-state index is 12.2. The second kappa shape index (κ2) is 7.59. The number of methoxy groups -OCH3 is 1. The summed E-state index contributed by atoms with van der Waals surface area (Å²) in [5.74, 6) is 1.36. The molecule has 6 nitrogen and oxygen atoms in total. The molecule has 0 aliphatic heterocycles. The van der Waals surface area contributed by atoms with E-state index in [0.29, 0.717) is 17.9 Å². The van der Waals surface area contributed by atoms with Crippen LogP contribution in [0.25, 0.3) is 11.3 Å². The Morgan fingerprint density at radius 2 is 2.08 bits per heavy atom. The number of nitrogens with zero attached hydrogens (tertiary/aromatic N) is 3. The predicted octanol–water partition coefficient (Wildman–Crippen LogP) is 3.60. The smallest absolute Gasteiger partial charge is 0.184 e. The first kappa shape index (κ1) is 16.0. The van der Waals surface area contributed by atoms with Crippen LogP contribution in [0, 0.1) is 0 Å². The third-order valence-corrected chi connectivity index (χ3v) is 3.80. The number of aromatic nitrogens is 3. The van der Waals surface area contributed by atoms with Crippen molar-refractivity contribution in [2.75, 3.05) is 7.11 Å². The Morgan fingerprint density at radius 1 is 1.25 bits per heavy atom. The maximum absolute atomic E-state index is 12.2. The lowest BCUT2D eigenvalue weighted by atomic mass is 10.1. The van der Waals surface area contributed by atoms with E-state index in [-0.39, 0.29) is 5.78 Å². The number of hydrogen-bond donors (Lipinski definition) is 0. The van der Waals surface area contributed by atoms with Gasteiger partial charge in [-0.15, -0.1) is 0 Å². The number of hydrogen-bond acceptors (Lipinski definition) is 5. The minimum Gasteiger partial charge on any atom is -0.497 e. The Balaban J connectivity index is 1.53. The van der Waals surface area contributed by atoms with Crippen LogP contribution >= 0.6 is 0 Å². The van der Waals surface area contributed by atoms with Crippen molar-refractivity contribution in [2.24, 2.45) is 0 Å². The zero-order valence-electron chi connectivity index (χ0n) is 13.5. The standard InChI is InChI=1S/C18H19N3O3/c1-23-15-7-5-14(6-8-15)18-12-16(20-24-18)17(22)4-2-3-10-21-11-9-19-13-21/h5-9,11-13H,2-4,10H2,1H3. The number of rotatable bonds is 8. The summed E-state index contributed by atoms with van der Waals surface area (Å²) in [4.78, 5) is 16.2. The van der Waals surface area contributed by atoms with Gasteiger partial charge in [0.25, 0.3) is 0 Å². The van der Waals surface area contributed by atoms with Crippen molar-refractivity contribution in [1.29, 1.82) is 0 Å². The van der Waals surface area contributed by atoms with Crippen LogP contribution < -0.4 is 4.74 Å². The lowest BCUT2D eigenvalue weighted by Gasteiger charge is -2.00. The number of unbranched alkanes of at least 4 members (excludes halogenated alkanes) is 1. The van der Waals surface area contributed by atoms with Crippen LogP contribution in [-0.2, 0) is 6.54 Å². The van der Waals surface area contributed by atoms with E-state index in [1.165, 1.54) is 0 Å². The monoisotopic (exact) mass is 325 g/mol. The van der Waals surface area contributed by atoms with Gasteiger partial charge in [-0.3, -0.25) is 4.79 Å². The second-order valence-electron chi connectivity index (χ2n) is 5.49. The molecule has 24 heavy (non-hydrogen) atoms. The van der Waals surface area contributed by atoms with Gasteiger partial charge < -0.3 is 13.8 Å². The van der Waals surface area contributed by atoms with E-state index in [1.807, 2.05) is 35.0 Å². The van der Waals surface area contributed by atoms with E-state index >= 15 is 0 Å². The van der Waals surface area contributed by atoms with Crippen molar-refractivity contribution in [3.05, 3.63) is 54.7 Å². The van der Waals surface area contributed by atoms with E-state index in [0.717, 1.165) is 30.7 Å². The topological polar surface area (TPSA) is 70.2 Å². The van der Waals surface area contributed by atoms with E-state index in [1.54, 1.807) is 25.7 Å². The van der Waals surface area contributed by atoms with Gasteiger partial charge in [-0.1, -0.05) is 5.16 Å². The molecule has 2 aromatic heterocycles. The van der Waals surface area contributed by atoms with Gasteiger partial charge in [-0.2, -0.15) is 0 Å². The lowest BCUT2D eigenvalue weighted by molar-refractivity contribution is 0.0970. The first-order valence-electron chi connectivity index (χ1n) is 7.86. The van der Waals surface area contributed by atoms with Gasteiger partial charge in [0, 0.05) is 37.0 Å². The zero-order valence-corrected chi connectivity index (χ0v) is 13.5. The molecule has 3 rings (SSSR count). The van der Waals surface area contributed by atoms with Gasteiger partial charge in [-0.25, -0.2) is 4.98 Å². The van der Waals surface area contributed by atoms with Crippen LogP contribution in [0.5, 0.6) is 5.75 Å². The average Bonchev–Trinajstić information content (AvgIpc) is 3.30. The Bertz CT molecular complexity index is 776. The molecule has 0 unspecified atom stereocenters. The van der Waals surface area contributed by atoms with E-state index < -0.39 is 0 Å². The Kier molecular flexibility index (Phi) is 5.05. The third kappa shape index (κ3) is 3.90. The number of ketones is 1. The second-order valence-corrected chi connectivity index (χ2v) is 5.49. The average molecular weight is 325 g/mol. The van der Waals surface area contributed by atoms with Crippen LogP contribution in [0.1, 0.15) is 29.8 Å². The summed E-state index contributed by atoms with van der Waals surface area (Å²) < 4.78 is 12.4. The molecule has 0 saturated carbocycles. The Labute approximate surface area is 140 Å². The summed E-state index contributed by atoms with van der Waals surface area (Å²) in [6.45, 7) is 0.864. The lowest BCUT2D eigenvalue weighted by Crippen LogP contribution is -2.01. The first-order valence-corrected chi connectivity index (χ1v) is 7.86. The molecule has 0 spiro atoms. The molecule has 0 fully saturated rings. The number of Topliss-reactive ketones (excluding diaryl/α,β-unsaturated/α-hetero) is 1. The fourth-order valence-electron chi connectivity index (χ4n) is 2.42. The zero-order chi connectivity index (χ0) is 16.8. The van der Waals surface area contributed by atoms with E-state index in [9.17, 15) is 4.79 Å². The molecule has 0 aliphatic rings. The molecule has 124 valence electrons. The summed E-state index contributed by atoms with van der Waals surface area (Å²) in [5, 5.41) is 3.89. The van der Waals surface area contributed by atoms with Gasteiger partial charge >= 0.3 is 0 Å².